The van der Waals surface area contributed by atoms with Crippen LogP contribution in [0.15, 0.2) is 0 Å². The first kappa shape index (κ1) is 16.3. The fourth-order valence-electron chi connectivity index (χ4n) is 1.67. The Labute approximate surface area is 109 Å². The molecule has 18 heavy (non-hydrogen) atoms. The van der Waals surface area contributed by atoms with Crippen LogP contribution >= 0.6 is 0 Å². The summed E-state index contributed by atoms with van der Waals surface area (Å²) in [6.07, 6.45) is 7.01. The van der Waals surface area contributed by atoms with Gasteiger partial charge in [-0.15, -0.1) is 6.42 Å². The minimum absolute atomic E-state index is 0.182. The van der Waals surface area contributed by atoms with Crippen molar-refractivity contribution in [3.8, 4) is 12.3 Å². The minimum atomic E-state index is -1.24. The molecule has 1 unspecified atom stereocenters. The molecule has 1 atom stereocenters. The van der Waals surface area contributed by atoms with E-state index in [1.54, 1.807) is 0 Å². The summed E-state index contributed by atoms with van der Waals surface area (Å²) in [5.74, 6) is 1.37. The third-order valence-electron chi connectivity index (χ3n) is 2.67. The number of carbonyl (C=O) groups excluding carboxylic acids is 1. The van der Waals surface area contributed by atoms with E-state index in [2.05, 4.69) is 11.2 Å². The van der Waals surface area contributed by atoms with E-state index in [0.29, 0.717) is 19.4 Å². The lowest BCUT2D eigenvalue weighted by atomic mass is 9.96. The molecule has 102 valence electrons. The van der Waals surface area contributed by atoms with Crippen LogP contribution in [0.5, 0.6) is 0 Å². The number of urea groups is 1. The van der Waals surface area contributed by atoms with Gasteiger partial charge in [-0.1, -0.05) is 26.2 Å². The van der Waals surface area contributed by atoms with Crippen molar-refractivity contribution in [1.82, 2.24) is 10.2 Å². The molecule has 0 heterocycles. The highest BCUT2D eigenvalue weighted by atomic mass is 16.4. The van der Waals surface area contributed by atoms with E-state index in [0.717, 1.165) is 6.42 Å². The monoisotopic (exact) mass is 254 g/mol. The maximum Gasteiger partial charge on any atom is 0.329 e. The average molecular weight is 254 g/mol. The van der Waals surface area contributed by atoms with Gasteiger partial charge in [0, 0.05) is 6.54 Å². The smallest absolute Gasteiger partial charge is 0.329 e. The van der Waals surface area contributed by atoms with Crippen LogP contribution in [0.1, 0.15) is 40.0 Å². The fraction of sp³-hybridized carbons (Fsp3) is 0.692. The van der Waals surface area contributed by atoms with Crippen LogP contribution in [0.25, 0.3) is 0 Å². The maximum atomic E-state index is 12.0. The summed E-state index contributed by atoms with van der Waals surface area (Å²) in [5.41, 5.74) is -1.24. The van der Waals surface area contributed by atoms with Gasteiger partial charge in [0.1, 0.15) is 5.54 Å². The molecule has 0 aliphatic carbocycles. The summed E-state index contributed by atoms with van der Waals surface area (Å²) in [5, 5.41) is 11.7. The van der Waals surface area contributed by atoms with Gasteiger partial charge in [-0.3, -0.25) is 0 Å². The molecule has 0 aromatic heterocycles. The minimum Gasteiger partial charge on any atom is -0.480 e. The average Bonchev–Trinajstić information content (AvgIpc) is 2.28. The van der Waals surface area contributed by atoms with Crippen molar-refractivity contribution in [2.24, 2.45) is 0 Å². The highest BCUT2D eigenvalue weighted by Crippen LogP contribution is 2.13. The molecule has 0 aromatic rings. The predicted molar refractivity (Wildman–Crippen MR) is 70.2 cm³/mol. The van der Waals surface area contributed by atoms with Gasteiger partial charge in [-0.2, -0.15) is 0 Å². The van der Waals surface area contributed by atoms with Crippen LogP contribution < -0.4 is 5.32 Å². The van der Waals surface area contributed by atoms with Gasteiger partial charge < -0.3 is 15.3 Å². The van der Waals surface area contributed by atoms with Gasteiger partial charge in [0.25, 0.3) is 0 Å². The molecule has 2 N–H and O–H groups in total. The van der Waals surface area contributed by atoms with Crippen LogP contribution in [-0.2, 0) is 4.79 Å². The highest BCUT2D eigenvalue weighted by molar-refractivity contribution is 5.86. The van der Waals surface area contributed by atoms with Crippen molar-refractivity contribution in [1.29, 1.82) is 0 Å². The summed E-state index contributed by atoms with van der Waals surface area (Å²) >= 11 is 0. The van der Waals surface area contributed by atoms with E-state index >= 15 is 0 Å². The number of carbonyl (C=O) groups is 2. The van der Waals surface area contributed by atoms with E-state index in [9.17, 15) is 14.7 Å². The Bertz CT molecular complexity index is 336. The number of terminal acetylenes is 1. The summed E-state index contributed by atoms with van der Waals surface area (Å²) in [6, 6.07) is -0.423. The van der Waals surface area contributed by atoms with Gasteiger partial charge in [0.05, 0.1) is 6.54 Å². The second-order valence-corrected chi connectivity index (χ2v) is 4.44. The van der Waals surface area contributed by atoms with Crippen LogP contribution in [0.2, 0.25) is 0 Å². The van der Waals surface area contributed by atoms with E-state index in [4.69, 9.17) is 6.42 Å². The molecule has 5 heteroatoms. The molecule has 0 aromatic carbocycles. The highest BCUT2D eigenvalue weighted by Gasteiger charge is 2.34. The molecule has 0 bridgehead atoms. The number of hydrogen-bond donors (Lipinski definition) is 2. The van der Waals surface area contributed by atoms with Crippen LogP contribution in [0, 0.1) is 12.3 Å². The Morgan fingerprint density at radius 3 is 2.39 bits per heavy atom. The Kier molecular flexibility index (Phi) is 6.88. The molecule has 0 spiro atoms. The number of rotatable bonds is 7. The number of aliphatic carboxylic acids is 1. The van der Waals surface area contributed by atoms with Gasteiger partial charge in [-0.25, -0.2) is 9.59 Å². The number of hydrogen-bond acceptors (Lipinski definition) is 2. The van der Waals surface area contributed by atoms with Crippen molar-refractivity contribution in [3.63, 3.8) is 0 Å². The van der Waals surface area contributed by atoms with E-state index in [1.165, 1.54) is 11.8 Å². The van der Waals surface area contributed by atoms with Crippen molar-refractivity contribution in [2.75, 3.05) is 13.1 Å². The summed E-state index contributed by atoms with van der Waals surface area (Å²) < 4.78 is 0. The van der Waals surface area contributed by atoms with Crippen LogP contribution in [-0.4, -0.2) is 40.6 Å². The third kappa shape index (κ3) is 4.66. The maximum absolute atomic E-state index is 12.0. The molecule has 0 fully saturated rings. The Hall–Kier alpha value is -1.70. The second kappa shape index (κ2) is 7.59. The van der Waals surface area contributed by atoms with E-state index in [1.807, 2.05) is 13.8 Å². The zero-order valence-corrected chi connectivity index (χ0v) is 11.3. The standard InChI is InChI=1S/C13H22N2O3/c1-5-8-13(4,11(16)17)14-12(18)15(9-6-2)10-7-3/h2H,5,7-10H2,1,3-4H3,(H,14,18)(H,16,17). The lowest BCUT2D eigenvalue weighted by molar-refractivity contribution is -0.144. The molecule has 0 radical (unpaired) electrons. The molecule has 0 rings (SSSR count). The molecule has 5 nitrogen and oxygen atoms in total. The first-order valence-corrected chi connectivity index (χ1v) is 6.15. The number of carboxylic acids is 1. The van der Waals surface area contributed by atoms with Crippen LogP contribution in [0.4, 0.5) is 4.79 Å². The molecule has 0 saturated heterocycles. The molecule has 0 saturated carbocycles. The predicted octanol–water partition coefficient (Wildman–Crippen LogP) is 1.68. The Morgan fingerprint density at radius 2 is 2.00 bits per heavy atom. The summed E-state index contributed by atoms with van der Waals surface area (Å²) in [6.45, 7) is 6.01. The zero-order chi connectivity index (χ0) is 14.2. The van der Waals surface area contributed by atoms with Crippen molar-refractivity contribution < 1.29 is 14.7 Å². The summed E-state index contributed by atoms with van der Waals surface area (Å²) in [7, 11) is 0. The zero-order valence-electron chi connectivity index (χ0n) is 11.3. The van der Waals surface area contributed by atoms with E-state index < -0.39 is 17.5 Å². The van der Waals surface area contributed by atoms with Crippen molar-refractivity contribution in [3.05, 3.63) is 0 Å². The lowest BCUT2D eigenvalue weighted by Crippen LogP contribution is -2.56. The first-order valence-electron chi connectivity index (χ1n) is 6.15. The molecule has 0 aliphatic rings. The topological polar surface area (TPSA) is 69.6 Å². The van der Waals surface area contributed by atoms with Gasteiger partial charge in [0.2, 0.25) is 0 Å². The number of nitrogens with one attached hydrogen (secondary N) is 1. The quantitative estimate of drug-likeness (QED) is 0.679. The molecule has 0 aliphatic heterocycles. The third-order valence-corrected chi connectivity index (χ3v) is 2.67. The Morgan fingerprint density at radius 1 is 1.39 bits per heavy atom. The number of carboxylic acid groups (broad SMARTS) is 1. The van der Waals surface area contributed by atoms with E-state index in [-0.39, 0.29) is 6.54 Å². The fourth-order valence-corrected chi connectivity index (χ4v) is 1.67. The Balaban J connectivity index is 4.76. The molecular formula is C13H22N2O3. The summed E-state index contributed by atoms with van der Waals surface area (Å²) in [4.78, 5) is 24.6. The SMILES string of the molecule is C#CCN(CCC)C(=O)NC(C)(CCC)C(=O)O. The van der Waals surface area contributed by atoms with Crippen molar-refractivity contribution in [2.45, 2.75) is 45.6 Å². The van der Waals surface area contributed by atoms with Gasteiger partial charge in [0.15, 0.2) is 0 Å². The lowest BCUT2D eigenvalue weighted by Gasteiger charge is -2.29. The van der Waals surface area contributed by atoms with Gasteiger partial charge in [-0.05, 0) is 19.8 Å². The van der Waals surface area contributed by atoms with Crippen molar-refractivity contribution >= 4 is 12.0 Å². The second-order valence-electron chi connectivity index (χ2n) is 4.44. The number of nitrogens with zero attached hydrogens (tertiary/aromatic N) is 1. The molecular weight excluding hydrogens is 232 g/mol. The first-order chi connectivity index (χ1) is 8.41. The normalized spacial score (nSPS) is 13.2. The largest absolute Gasteiger partial charge is 0.480 e. The molecule has 2 amide bonds. The van der Waals surface area contributed by atoms with Gasteiger partial charge >= 0.3 is 12.0 Å². The van der Waals surface area contributed by atoms with Crippen LogP contribution in [0.3, 0.4) is 0 Å². The number of amides is 2.